The Hall–Kier alpha value is -1.14. The van der Waals surface area contributed by atoms with Gasteiger partial charge in [-0.15, -0.1) is 0 Å². The van der Waals surface area contributed by atoms with Crippen LogP contribution in [0.1, 0.15) is 64.2 Å². The number of carbonyl (C=O) groups is 2. The fraction of sp³-hybridized carbons (Fsp3) is 0.875. The number of unbranched alkanes of at least 4 members (excludes halogenated alkanes) is 1. The summed E-state index contributed by atoms with van der Waals surface area (Å²) in [6.45, 7) is 0. The van der Waals surface area contributed by atoms with Gasteiger partial charge in [-0.1, -0.05) is 0 Å². The number of nitrogens with one attached hydrogen (secondary N) is 2. The molecule has 0 radical (unpaired) electrons. The molecule has 0 aromatic carbocycles. The van der Waals surface area contributed by atoms with Gasteiger partial charge in [0, 0.05) is 12.8 Å². The highest BCUT2D eigenvalue weighted by atomic mass is 16.3. The minimum absolute atomic E-state index is 0.0439. The fourth-order valence-corrected chi connectivity index (χ4v) is 3.35. The first-order chi connectivity index (χ1) is 10.6. The zero-order chi connectivity index (χ0) is 15.9. The van der Waals surface area contributed by atoms with Crippen molar-refractivity contribution in [3.63, 3.8) is 0 Å². The van der Waals surface area contributed by atoms with Crippen molar-refractivity contribution in [2.45, 2.75) is 88.5 Å². The first kappa shape index (κ1) is 17.2. The molecule has 0 heterocycles. The Morgan fingerprint density at radius 3 is 1.50 bits per heavy atom. The molecule has 22 heavy (non-hydrogen) atoms. The minimum atomic E-state index is -0.410. The molecule has 0 aliphatic heterocycles. The molecule has 0 spiro atoms. The van der Waals surface area contributed by atoms with Crippen LogP contribution >= 0.6 is 0 Å². The lowest BCUT2D eigenvalue weighted by atomic mass is 10.1. The van der Waals surface area contributed by atoms with Crippen molar-refractivity contribution in [1.82, 2.24) is 10.6 Å². The van der Waals surface area contributed by atoms with Gasteiger partial charge in [-0.3, -0.25) is 9.59 Å². The van der Waals surface area contributed by atoms with Crippen LogP contribution in [0.2, 0.25) is 0 Å². The van der Waals surface area contributed by atoms with Gasteiger partial charge in [0.1, 0.15) is 0 Å². The molecule has 2 aliphatic rings. The van der Waals surface area contributed by atoms with E-state index in [1.165, 1.54) is 0 Å². The Morgan fingerprint density at radius 2 is 1.18 bits per heavy atom. The van der Waals surface area contributed by atoms with Crippen molar-refractivity contribution in [3.8, 4) is 0 Å². The standard InChI is InChI=1S/C16H28N2O4/c19-13-7-3-5-11(13)17-15(21)9-1-2-10-16(22)18-12-6-4-8-14(12)20/h11-14,19-20H,1-10H2,(H,17,21)(H,18,22). The molecule has 0 aromatic rings. The molecule has 0 bridgehead atoms. The fourth-order valence-electron chi connectivity index (χ4n) is 3.35. The lowest BCUT2D eigenvalue weighted by Gasteiger charge is -2.17. The molecule has 2 fully saturated rings. The number of amides is 2. The second-order valence-corrected chi connectivity index (χ2v) is 6.55. The second-order valence-electron chi connectivity index (χ2n) is 6.55. The summed E-state index contributed by atoms with van der Waals surface area (Å²) in [6, 6.07) is -0.195. The molecule has 2 aliphatic carbocycles. The van der Waals surface area contributed by atoms with E-state index in [4.69, 9.17) is 0 Å². The summed E-state index contributed by atoms with van der Waals surface area (Å²) in [5, 5.41) is 25.0. The van der Waals surface area contributed by atoms with Crippen LogP contribution in [-0.2, 0) is 9.59 Å². The quantitative estimate of drug-likeness (QED) is 0.518. The maximum absolute atomic E-state index is 11.8. The summed E-state index contributed by atoms with van der Waals surface area (Å²) < 4.78 is 0. The van der Waals surface area contributed by atoms with Crippen molar-refractivity contribution in [2.75, 3.05) is 0 Å². The maximum atomic E-state index is 11.8. The van der Waals surface area contributed by atoms with Gasteiger partial charge in [0.05, 0.1) is 24.3 Å². The smallest absolute Gasteiger partial charge is 0.220 e. The predicted octanol–water partition coefficient (Wildman–Crippen LogP) is 0.606. The van der Waals surface area contributed by atoms with Crippen LogP contribution in [0.3, 0.4) is 0 Å². The normalized spacial score (nSPS) is 31.2. The van der Waals surface area contributed by atoms with Crippen LogP contribution < -0.4 is 10.6 Å². The van der Waals surface area contributed by atoms with Gasteiger partial charge < -0.3 is 20.8 Å². The molecule has 2 saturated carbocycles. The van der Waals surface area contributed by atoms with E-state index < -0.39 is 12.2 Å². The van der Waals surface area contributed by atoms with Crippen LogP contribution in [0.15, 0.2) is 0 Å². The van der Waals surface area contributed by atoms with Crippen molar-refractivity contribution in [2.24, 2.45) is 0 Å². The van der Waals surface area contributed by atoms with Crippen LogP contribution in [0.5, 0.6) is 0 Å². The average Bonchev–Trinajstić information content (AvgIpc) is 3.05. The van der Waals surface area contributed by atoms with Crippen LogP contribution in [-0.4, -0.2) is 46.3 Å². The summed E-state index contributed by atoms with van der Waals surface area (Å²) in [4.78, 5) is 23.5. The van der Waals surface area contributed by atoms with Crippen molar-refractivity contribution >= 4 is 11.8 Å². The maximum Gasteiger partial charge on any atom is 0.220 e. The highest BCUT2D eigenvalue weighted by molar-refractivity contribution is 5.77. The Bertz CT molecular complexity index is 352. The third-order valence-corrected chi connectivity index (χ3v) is 4.71. The van der Waals surface area contributed by atoms with Gasteiger partial charge in [0.15, 0.2) is 0 Å². The van der Waals surface area contributed by atoms with E-state index in [2.05, 4.69) is 10.6 Å². The van der Waals surface area contributed by atoms with Gasteiger partial charge in [-0.2, -0.15) is 0 Å². The largest absolute Gasteiger partial charge is 0.391 e. The Labute approximate surface area is 131 Å². The van der Waals surface area contributed by atoms with Gasteiger partial charge in [0.25, 0.3) is 0 Å². The van der Waals surface area contributed by atoms with Crippen LogP contribution in [0, 0.1) is 0 Å². The lowest BCUT2D eigenvalue weighted by molar-refractivity contribution is -0.124. The number of rotatable bonds is 7. The minimum Gasteiger partial charge on any atom is -0.391 e. The molecule has 4 unspecified atom stereocenters. The number of hydrogen-bond acceptors (Lipinski definition) is 4. The van der Waals surface area contributed by atoms with Gasteiger partial charge in [-0.25, -0.2) is 0 Å². The molecule has 2 rings (SSSR count). The van der Waals surface area contributed by atoms with Gasteiger partial charge in [-0.05, 0) is 51.4 Å². The van der Waals surface area contributed by atoms with E-state index in [0.717, 1.165) is 38.5 Å². The van der Waals surface area contributed by atoms with E-state index in [-0.39, 0.29) is 23.9 Å². The molecule has 6 heteroatoms. The number of aliphatic hydroxyl groups excluding tert-OH is 2. The highest BCUT2D eigenvalue weighted by Gasteiger charge is 2.27. The first-order valence-corrected chi connectivity index (χ1v) is 8.51. The van der Waals surface area contributed by atoms with E-state index >= 15 is 0 Å². The molecular formula is C16H28N2O4. The molecule has 0 aromatic heterocycles. The Kier molecular flexibility index (Phi) is 6.64. The molecule has 4 atom stereocenters. The van der Waals surface area contributed by atoms with Gasteiger partial charge in [0.2, 0.25) is 11.8 Å². The summed E-state index contributed by atoms with van der Waals surface area (Å²) in [5.41, 5.74) is 0. The molecule has 126 valence electrons. The molecular weight excluding hydrogens is 284 g/mol. The van der Waals surface area contributed by atoms with E-state index in [0.29, 0.717) is 25.7 Å². The van der Waals surface area contributed by atoms with Crippen LogP contribution in [0.25, 0.3) is 0 Å². The molecule has 2 amide bonds. The highest BCUT2D eigenvalue weighted by Crippen LogP contribution is 2.20. The number of hydrogen-bond donors (Lipinski definition) is 4. The summed E-state index contributed by atoms with van der Waals surface area (Å²) in [6.07, 6.45) is 6.42. The zero-order valence-electron chi connectivity index (χ0n) is 13.1. The average molecular weight is 312 g/mol. The zero-order valence-corrected chi connectivity index (χ0v) is 13.1. The predicted molar refractivity (Wildman–Crippen MR) is 82.0 cm³/mol. The monoisotopic (exact) mass is 312 g/mol. The molecule has 4 N–H and O–H groups in total. The van der Waals surface area contributed by atoms with Crippen LogP contribution in [0.4, 0.5) is 0 Å². The SMILES string of the molecule is O=C(CCCCC(=O)NC1CCCC1O)NC1CCCC1O. The number of aliphatic hydroxyl groups is 2. The van der Waals surface area contributed by atoms with Gasteiger partial charge >= 0.3 is 0 Å². The van der Waals surface area contributed by atoms with Crippen molar-refractivity contribution in [3.05, 3.63) is 0 Å². The van der Waals surface area contributed by atoms with Crippen molar-refractivity contribution < 1.29 is 19.8 Å². The molecule has 0 saturated heterocycles. The first-order valence-electron chi connectivity index (χ1n) is 8.51. The van der Waals surface area contributed by atoms with Crippen molar-refractivity contribution in [1.29, 1.82) is 0 Å². The van der Waals surface area contributed by atoms with E-state index in [9.17, 15) is 19.8 Å². The van der Waals surface area contributed by atoms with E-state index in [1.54, 1.807) is 0 Å². The molecule has 6 nitrogen and oxygen atoms in total. The third kappa shape index (κ3) is 5.25. The Morgan fingerprint density at radius 1 is 0.773 bits per heavy atom. The second kappa shape index (κ2) is 8.48. The number of carbonyl (C=O) groups excluding carboxylic acids is 2. The lowest BCUT2D eigenvalue weighted by Crippen LogP contribution is -2.40. The van der Waals surface area contributed by atoms with E-state index in [1.807, 2.05) is 0 Å². The third-order valence-electron chi connectivity index (χ3n) is 4.71. The summed E-state index contributed by atoms with van der Waals surface area (Å²) >= 11 is 0. The summed E-state index contributed by atoms with van der Waals surface area (Å²) in [7, 11) is 0. The topological polar surface area (TPSA) is 98.7 Å². The Balaban J connectivity index is 1.52. The summed E-state index contributed by atoms with van der Waals surface area (Å²) in [5.74, 6) is -0.0878.